The van der Waals surface area contributed by atoms with E-state index in [4.69, 9.17) is 9.97 Å². The zero-order valence-electron chi connectivity index (χ0n) is 20.1. The van der Waals surface area contributed by atoms with E-state index in [1.54, 1.807) is 6.20 Å². The van der Waals surface area contributed by atoms with E-state index in [0.29, 0.717) is 38.3 Å². The second kappa shape index (κ2) is 10.4. The molecule has 2 aromatic rings. The zero-order valence-corrected chi connectivity index (χ0v) is 20.1. The van der Waals surface area contributed by atoms with Crippen LogP contribution in [-0.4, -0.2) is 51.3 Å². The van der Waals surface area contributed by atoms with E-state index in [2.05, 4.69) is 18.8 Å². The molecule has 2 aliphatic heterocycles. The Labute approximate surface area is 196 Å². The van der Waals surface area contributed by atoms with Gasteiger partial charge in [-0.15, -0.1) is 0 Å². The minimum atomic E-state index is 0.123. The van der Waals surface area contributed by atoms with Crippen LogP contribution in [0, 0.1) is 12.8 Å². The largest absolute Gasteiger partial charge is 0.342 e. The number of hydrogen-bond acceptors (Lipinski definition) is 5. The van der Waals surface area contributed by atoms with Crippen molar-refractivity contribution in [1.29, 1.82) is 0 Å². The predicted octanol–water partition coefficient (Wildman–Crippen LogP) is 3.84. The van der Waals surface area contributed by atoms with Crippen molar-refractivity contribution in [3.63, 3.8) is 0 Å². The van der Waals surface area contributed by atoms with Crippen molar-refractivity contribution >= 4 is 17.6 Å². The number of rotatable bonds is 8. The van der Waals surface area contributed by atoms with Crippen LogP contribution in [0.4, 0.5) is 5.82 Å². The molecule has 2 aromatic heterocycles. The third-order valence-electron chi connectivity index (χ3n) is 6.74. The van der Waals surface area contributed by atoms with E-state index in [9.17, 15) is 9.59 Å². The third-order valence-corrected chi connectivity index (χ3v) is 6.74. The molecule has 1 saturated heterocycles. The van der Waals surface area contributed by atoms with Crippen LogP contribution in [0.15, 0.2) is 24.4 Å². The van der Waals surface area contributed by atoms with Gasteiger partial charge in [-0.2, -0.15) is 0 Å². The summed E-state index contributed by atoms with van der Waals surface area (Å²) in [7, 11) is 0. The number of amides is 2. The number of carbonyl (C=O) groups excluding carboxylic acids is 2. The van der Waals surface area contributed by atoms with Crippen LogP contribution in [0.25, 0.3) is 0 Å². The molecule has 0 N–H and O–H groups in total. The van der Waals surface area contributed by atoms with Gasteiger partial charge in [-0.3, -0.25) is 19.5 Å². The molecule has 0 aromatic carbocycles. The maximum absolute atomic E-state index is 12.8. The lowest BCUT2D eigenvalue weighted by Crippen LogP contribution is -2.38. The highest BCUT2D eigenvalue weighted by molar-refractivity contribution is 5.95. The van der Waals surface area contributed by atoms with Crippen molar-refractivity contribution in [2.75, 3.05) is 24.5 Å². The fourth-order valence-corrected chi connectivity index (χ4v) is 4.73. The lowest BCUT2D eigenvalue weighted by molar-refractivity contribution is -0.130. The van der Waals surface area contributed by atoms with Gasteiger partial charge in [0, 0.05) is 61.5 Å². The number of aryl methyl sites for hydroxylation is 2. The molecule has 0 bridgehead atoms. The number of likely N-dealkylation sites (tertiary alicyclic amines) is 1. The van der Waals surface area contributed by atoms with Gasteiger partial charge in [0.1, 0.15) is 11.6 Å². The van der Waals surface area contributed by atoms with Crippen LogP contribution in [-0.2, 0) is 22.4 Å². The summed E-state index contributed by atoms with van der Waals surface area (Å²) in [5.41, 5.74) is 3.10. The highest BCUT2D eigenvalue weighted by Crippen LogP contribution is 2.32. The van der Waals surface area contributed by atoms with Crippen molar-refractivity contribution in [2.45, 2.75) is 71.6 Å². The number of anilines is 1. The van der Waals surface area contributed by atoms with Crippen LogP contribution in [0.2, 0.25) is 0 Å². The summed E-state index contributed by atoms with van der Waals surface area (Å²) < 4.78 is 0. The fraction of sp³-hybridized carbons (Fsp3) is 0.577. The Morgan fingerprint density at radius 3 is 2.82 bits per heavy atom. The molecule has 0 aliphatic carbocycles. The number of pyridine rings is 1. The van der Waals surface area contributed by atoms with Crippen LogP contribution in [0.1, 0.15) is 74.6 Å². The number of nitrogens with zero attached hydrogens (tertiary/aromatic N) is 5. The number of fused-ring (bicyclic) bond motifs is 1. The topological polar surface area (TPSA) is 79.3 Å². The average Bonchev–Trinajstić information content (AvgIpc) is 3.29. The molecule has 7 heteroatoms. The summed E-state index contributed by atoms with van der Waals surface area (Å²) in [5.74, 6) is 2.57. The third kappa shape index (κ3) is 5.57. The Balaban J connectivity index is 1.41. The number of aromatic nitrogens is 3. The van der Waals surface area contributed by atoms with Gasteiger partial charge in [-0.1, -0.05) is 19.9 Å². The molecule has 4 rings (SSSR count). The first-order valence-corrected chi connectivity index (χ1v) is 12.3. The molecule has 1 fully saturated rings. The van der Waals surface area contributed by atoms with Crippen molar-refractivity contribution in [1.82, 2.24) is 19.9 Å². The van der Waals surface area contributed by atoms with Gasteiger partial charge in [0.25, 0.3) is 0 Å². The Morgan fingerprint density at radius 2 is 2.06 bits per heavy atom. The molecule has 1 unspecified atom stereocenters. The van der Waals surface area contributed by atoms with Gasteiger partial charge in [0.15, 0.2) is 0 Å². The van der Waals surface area contributed by atoms with Gasteiger partial charge in [-0.05, 0) is 57.1 Å². The SMILES string of the molecule is Cc1nc(C2CCN(C(=O)CCCc3ccccn3)C2)nc2c1CCC(=O)N2CCC(C)C. The van der Waals surface area contributed by atoms with Crippen molar-refractivity contribution < 1.29 is 9.59 Å². The van der Waals surface area contributed by atoms with Crippen molar-refractivity contribution in [3.8, 4) is 0 Å². The summed E-state index contributed by atoms with van der Waals surface area (Å²) >= 11 is 0. The smallest absolute Gasteiger partial charge is 0.228 e. The maximum atomic E-state index is 12.8. The number of carbonyl (C=O) groups is 2. The van der Waals surface area contributed by atoms with Gasteiger partial charge in [0.2, 0.25) is 11.8 Å². The van der Waals surface area contributed by atoms with E-state index < -0.39 is 0 Å². The monoisotopic (exact) mass is 449 g/mol. The Morgan fingerprint density at radius 1 is 1.21 bits per heavy atom. The normalized spacial score (nSPS) is 18.2. The average molecular weight is 450 g/mol. The lowest BCUT2D eigenvalue weighted by atomic mass is 10.0. The van der Waals surface area contributed by atoms with E-state index in [1.807, 2.05) is 34.9 Å². The van der Waals surface area contributed by atoms with E-state index >= 15 is 0 Å². The molecular weight excluding hydrogens is 414 g/mol. The molecule has 7 nitrogen and oxygen atoms in total. The summed E-state index contributed by atoms with van der Waals surface area (Å²) in [5, 5.41) is 0. The molecule has 0 saturated carbocycles. The van der Waals surface area contributed by atoms with E-state index in [1.165, 1.54) is 0 Å². The van der Waals surface area contributed by atoms with Crippen LogP contribution >= 0.6 is 0 Å². The Bertz CT molecular complexity index is 992. The highest BCUT2D eigenvalue weighted by Gasteiger charge is 2.32. The van der Waals surface area contributed by atoms with Gasteiger partial charge in [0.05, 0.1) is 0 Å². The van der Waals surface area contributed by atoms with Crippen molar-refractivity contribution in [3.05, 3.63) is 47.2 Å². The van der Waals surface area contributed by atoms with Gasteiger partial charge >= 0.3 is 0 Å². The zero-order chi connectivity index (χ0) is 23.4. The van der Waals surface area contributed by atoms with E-state index in [-0.39, 0.29) is 17.7 Å². The first-order chi connectivity index (χ1) is 15.9. The number of hydrogen-bond donors (Lipinski definition) is 0. The first kappa shape index (κ1) is 23.3. The van der Waals surface area contributed by atoms with Gasteiger partial charge < -0.3 is 4.90 Å². The van der Waals surface area contributed by atoms with E-state index in [0.717, 1.165) is 60.8 Å². The second-order valence-corrected chi connectivity index (χ2v) is 9.70. The van der Waals surface area contributed by atoms with Gasteiger partial charge in [-0.25, -0.2) is 9.97 Å². The summed E-state index contributed by atoms with van der Waals surface area (Å²) in [6.07, 6.45) is 7.00. The van der Waals surface area contributed by atoms with Crippen LogP contribution < -0.4 is 4.90 Å². The predicted molar refractivity (Wildman–Crippen MR) is 128 cm³/mol. The quantitative estimate of drug-likeness (QED) is 0.612. The molecule has 0 radical (unpaired) electrons. The highest BCUT2D eigenvalue weighted by atomic mass is 16.2. The summed E-state index contributed by atoms with van der Waals surface area (Å²) in [6.45, 7) is 8.46. The Kier molecular flexibility index (Phi) is 7.36. The minimum absolute atomic E-state index is 0.123. The molecule has 4 heterocycles. The maximum Gasteiger partial charge on any atom is 0.228 e. The minimum Gasteiger partial charge on any atom is -0.342 e. The molecule has 2 aliphatic rings. The summed E-state index contributed by atoms with van der Waals surface area (Å²) in [6, 6.07) is 5.89. The standard InChI is InChI=1S/C26H35N5O2/c1-18(2)12-16-31-24(33)11-10-22-19(3)28-25(29-26(22)31)20-13-15-30(17-20)23(32)9-6-8-21-7-4-5-14-27-21/h4-5,7,14,18,20H,6,8-13,15-17H2,1-3H3. The van der Waals surface area contributed by atoms with Crippen molar-refractivity contribution in [2.24, 2.45) is 5.92 Å². The van der Waals surface area contributed by atoms with Crippen LogP contribution in [0.3, 0.4) is 0 Å². The fourth-order valence-electron chi connectivity index (χ4n) is 4.73. The molecule has 2 amide bonds. The second-order valence-electron chi connectivity index (χ2n) is 9.70. The summed E-state index contributed by atoms with van der Waals surface area (Å²) in [4.78, 5) is 43.3. The lowest BCUT2D eigenvalue weighted by Gasteiger charge is -2.30. The molecule has 33 heavy (non-hydrogen) atoms. The molecule has 1 atom stereocenters. The molecule has 176 valence electrons. The Hall–Kier alpha value is -2.83. The van der Waals surface area contributed by atoms with Crippen LogP contribution in [0.5, 0.6) is 0 Å². The molecule has 0 spiro atoms. The first-order valence-electron chi connectivity index (χ1n) is 12.3. The molecular formula is C26H35N5O2.